The molecule has 0 unspecified atom stereocenters. The van der Waals surface area contributed by atoms with Crippen molar-refractivity contribution in [2.24, 2.45) is 0 Å². The normalized spacial score (nSPS) is 9.08. The molecule has 0 atom stereocenters. The first-order chi connectivity index (χ1) is 5.66. The van der Waals surface area contributed by atoms with Gasteiger partial charge in [-0.1, -0.05) is 11.6 Å². The average molecular weight is 194 g/mol. The average Bonchev–Trinajstić information content (AvgIpc) is 1.98. The zero-order chi connectivity index (χ0) is 9.40. The predicted octanol–water partition coefficient (Wildman–Crippen LogP) is 0.499. The highest BCUT2D eigenvalue weighted by molar-refractivity contribution is 6.17. The number of amides is 2. The summed E-state index contributed by atoms with van der Waals surface area (Å²) in [6, 6.07) is -0.191. The van der Waals surface area contributed by atoms with Gasteiger partial charge in [0.2, 0.25) is 5.91 Å². The second-order valence-electron chi connectivity index (χ2n) is 1.99. The Bertz CT molecular complexity index is 163. The Balaban J connectivity index is 3.19. The molecule has 0 rings (SSSR count). The van der Waals surface area contributed by atoms with E-state index in [-0.39, 0.29) is 12.5 Å². The molecule has 69 valence electrons. The lowest BCUT2D eigenvalue weighted by molar-refractivity contribution is -0.118. The molecule has 0 heterocycles. The van der Waals surface area contributed by atoms with Gasteiger partial charge in [-0.15, -0.1) is 0 Å². The van der Waals surface area contributed by atoms with Crippen LogP contribution in [-0.4, -0.2) is 24.6 Å². The molecule has 6 heteroatoms. The maximum atomic E-state index is 10.5. The lowest BCUT2D eigenvalue weighted by Crippen LogP contribution is -2.25. The predicted molar refractivity (Wildman–Crippen MR) is 42.5 cm³/mol. The lowest BCUT2D eigenvalue weighted by atomic mass is 10.3. The number of hydrogen-bond donors (Lipinski definition) is 1. The first kappa shape index (κ1) is 11.0. The summed E-state index contributed by atoms with van der Waals surface area (Å²) >= 11 is 5.09. The molecule has 0 aromatic heterocycles. The van der Waals surface area contributed by atoms with Crippen LogP contribution in [0.2, 0.25) is 0 Å². The fraction of sp³-hybridized carbons (Fsp3) is 0.667. The highest BCUT2D eigenvalue weighted by Gasteiger charge is 1.99. The van der Waals surface area contributed by atoms with Crippen molar-refractivity contribution in [3.8, 4) is 0 Å². The van der Waals surface area contributed by atoms with Crippen molar-refractivity contribution >= 4 is 23.6 Å². The summed E-state index contributed by atoms with van der Waals surface area (Å²) in [6.45, 7) is 0.320. The number of ether oxygens (including phenoxy) is 1. The molecule has 0 saturated heterocycles. The minimum absolute atomic E-state index is 0.140. The van der Waals surface area contributed by atoms with Gasteiger partial charge >= 0.3 is 6.09 Å². The van der Waals surface area contributed by atoms with Crippen LogP contribution in [0.1, 0.15) is 12.8 Å². The Morgan fingerprint density at radius 3 is 2.67 bits per heavy atom. The minimum atomic E-state index is -0.637. The van der Waals surface area contributed by atoms with Crippen LogP contribution in [0.4, 0.5) is 4.79 Å². The standard InChI is InChI=1S/C6H10ClN2O3/c7-4-12-6(11)9-3-1-2-5(8)10/h8H,1-4H2,(H,9,11). The third-order valence-corrected chi connectivity index (χ3v) is 1.14. The number of carbonyl (C=O) groups excluding carboxylic acids is 2. The SMILES string of the molecule is [NH]C(=O)CCCNC(=O)OCCl. The minimum Gasteiger partial charge on any atom is -0.433 e. The van der Waals surface area contributed by atoms with Crippen molar-refractivity contribution in [2.45, 2.75) is 12.8 Å². The van der Waals surface area contributed by atoms with E-state index >= 15 is 0 Å². The Labute approximate surface area is 75.2 Å². The molecule has 0 spiro atoms. The quantitative estimate of drug-likeness (QED) is 0.510. The van der Waals surface area contributed by atoms with Crippen molar-refractivity contribution in [2.75, 3.05) is 12.6 Å². The summed E-state index contributed by atoms with van der Waals surface area (Å²) < 4.78 is 4.33. The second-order valence-corrected chi connectivity index (χ2v) is 2.21. The fourth-order valence-corrected chi connectivity index (χ4v) is 0.639. The molecule has 0 aliphatic heterocycles. The fourth-order valence-electron chi connectivity index (χ4n) is 0.540. The molecule has 0 bridgehead atoms. The van der Waals surface area contributed by atoms with E-state index in [0.717, 1.165) is 0 Å². The van der Waals surface area contributed by atoms with E-state index in [1.165, 1.54) is 0 Å². The Morgan fingerprint density at radius 2 is 2.17 bits per heavy atom. The number of rotatable bonds is 5. The van der Waals surface area contributed by atoms with Gasteiger partial charge in [0.05, 0.1) is 0 Å². The van der Waals surface area contributed by atoms with Gasteiger partial charge in [0.15, 0.2) is 6.07 Å². The zero-order valence-corrected chi connectivity index (χ0v) is 7.19. The van der Waals surface area contributed by atoms with Crippen molar-refractivity contribution in [1.82, 2.24) is 11.1 Å². The summed E-state index contributed by atoms with van der Waals surface area (Å²) in [5.41, 5.74) is 6.54. The summed E-state index contributed by atoms with van der Waals surface area (Å²) in [4.78, 5) is 20.7. The summed E-state index contributed by atoms with van der Waals surface area (Å²) in [6.07, 6.45) is -0.0247. The monoisotopic (exact) mass is 193 g/mol. The van der Waals surface area contributed by atoms with Crippen molar-refractivity contribution in [3.63, 3.8) is 0 Å². The number of alkyl halides is 1. The van der Waals surface area contributed by atoms with Crippen LogP contribution in [0.25, 0.3) is 0 Å². The second kappa shape index (κ2) is 6.72. The van der Waals surface area contributed by atoms with Crippen molar-refractivity contribution in [1.29, 1.82) is 0 Å². The van der Waals surface area contributed by atoms with Crippen LogP contribution in [0.5, 0.6) is 0 Å². The molecule has 2 N–H and O–H groups in total. The van der Waals surface area contributed by atoms with Crippen LogP contribution >= 0.6 is 11.6 Å². The van der Waals surface area contributed by atoms with E-state index in [2.05, 4.69) is 10.1 Å². The van der Waals surface area contributed by atoms with Gasteiger partial charge in [0.1, 0.15) is 0 Å². The van der Waals surface area contributed by atoms with Gasteiger partial charge in [-0.3, -0.25) is 10.5 Å². The van der Waals surface area contributed by atoms with E-state index < -0.39 is 12.0 Å². The van der Waals surface area contributed by atoms with Crippen LogP contribution < -0.4 is 11.1 Å². The first-order valence-electron chi connectivity index (χ1n) is 3.38. The maximum Gasteiger partial charge on any atom is 0.408 e. The van der Waals surface area contributed by atoms with Crippen molar-refractivity contribution < 1.29 is 14.3 Å². The van der Waals surface area contributed by atoms with E-state index in [9.17, 15) is 9.59 Å². The number of nitrogens with one attached hydrogen (secondary N) is 2. The van der Waals surface area contributed by atoms with Gasteiger partial charge in [0, 0.05) is 13.0 Å². The van der Waals surface area contributed by atoms with Crippen LogP contribution in [0, 0.1) is 0 Å². The Morgan fingerprint density at radius 1 is 1.50 bits per heavy atom. The van der Waals surface area contributed by atoms with Crippen LogP contribution in [0.3, 0.4) is 0 Å². The molecule has 0 aromatic rings. The molecule has 12 heavy (non-hydrogen) atoms. The summed E-state index contributed by atoms with van der Waals surface area (Å²) in [5.74, 6) is -0.637. The third-order valence-electron chi connectivity index (χ3n) is 1.04. The van der Waals surface area contributed by atoms with E-state index in [0.29, 0.717) is 13.0 Å². The third kappa shape index (κ3) is 7.14. The summed E-state index contributed by atoms with van der Waals surface area (Å²) in [5, 5.41) is 2.36. The number of carbonyl (C=O) groups is 2. The van der Waals surface area contributed by atoms with E-state index in [4.69, 9.17) is 17.3 Å². The van der Waals surface area contributed by atoms with Gasteiger partial charge in [-0.2, -0.15) is 0 Å². The molecule has 0 aliphatic rings. The highest BCUT2D eigenvalue weighted by Crippen LogP contribution is 1.86. The van der Waals surface area contributed by atoms with Gasteiger partial charge in [-0.05, 0) is 6.42 Å². The molecule has 0 fully saturated rings. The number of alkyl carbamates (subject to hydrolysis) is 1. The molecule has 5 nitrogen and oxygen atoms in total. The molecule has 1 radical (unpaired) electrons. The molecule has 0 saturated carbocycles. The van der Waals surface area contributed by atoms with Crippen LogP contribution in [0.15, 0.2) is 0 Å². The van der Waals surface area contributed by atoms with Gasteiger partial charge in [-0.25, -0.2) is 4.79 Å². The number of hydrogen-bond acceptors (Lipinski definition) is 3. The molecular formula is C6H10ClN2O3. The van der Waals surface area contributed by atoms with E-state index in [1.807, 2.05) is 0 Å². The summed E-state index contributed by atoms with van der Waals surface area (Å²) in [7, 11) is 0. The van der Waals surface area contributed by atoms with Gasteiger partial charge in [0.25, 0.3) is 0 Å². The van der Waals surface area contributed by atoms with Gasteiger partial charge < -0.3 is 10.1 Å². The maximum absolute atomic E-state index is 10.5. The smallest absolute Gasteiger partial charge is 0.408 e. The molecular weight excluding hydrogens is 184 g/mol. The largest absolute Gasteiger partial charge is 0.433 e. The molecule has 0 aromatic carbocycles. The topological polar surface area (TPSA) is 79.2 Å². The van der Waals surface area contributed by atoms with Crippen molar-refractivity contribution in [3.05, 3.63) is 0 Å². The highest BCUT2D eigenvalue weighted by atomic mass is 35.5. The Kier molecular flexibility index (Phi) is 6.18. The first-order valence-corrected chi connectivity index (χ1v) is 3.91. The number of halogens is 1. The van der Waals surface area contributed by atoms with Crippen LogP contribution in [-0.2, 0) is 9.53 Å². The Hall–Kier alpha value is -0.970. The zero-order valence-electron chi connectivity index (χ0n) is 6.43. The lowest BCUT2D eigenvalue weighted by Gasteiger charge is -2.02. The molecule has 0 aliphatic carbocycles. The van der Waals surface area contributed by atoms with E-state index in [1.54, 1.807) is 0 Å². The molecule has 2 amide bonds.